The van der Waals surface area contributed by atoms with Crippen molar-refractivity contribution in [3.8, 4) is 0 Å². The number of rotatable bonds is 9. The number of aliphatic imine (C=N–C) groups is 2. The van der Waals surface area contributed by atoms with Gasteiger partial charge in [0.1, 0.15) is 6.67 Å². The molecule has 0 bridgehead atoms. The molecular weight excluding hydrogens is 275 g/mol. The lowest BCUT2D eigenvalue weighted by Gasteiger charge is -2.12. The fourth-order valence-electron chi connectivity index (χ4n) is 2.02. The quantitative estimate of drug-likeness (QED) is 0.243. The standard InChI is InChI=1S/C19H25FN2/c1-3-21-14-7-5-4-6-9-17(2)15-18-11-12-19(22-16-18)10-8-13-20/h3,6-11,14,16,19H,2,4-5,12-13,15H2,1H3/b9-6+,10-8+,14-7+,21-3?. The van der Waals surface area contributed by atoms with Gasteiger partial charge in [-0.15, -0.1) is 0 Å². The highest BCUT2D eigenvalue weighted by molar-refractivity contribution is 5.80. The van der Waals surface area contributed by atoms with Gasteiger partial charge >= 0.3 is 0 Å². The molecule has 3 heteroatoms. The Balaban J connectivity index is 2.27. The summed E-state index contributed by atoms with van der Waals surface area (Å²) in [4.78, 5) is 8.42. The van der Waals surface area contributed by atoms with Crippen LogP contribution in [0.1, 0.15) is 32.6 Å². The summed E-state index contributed by atoms with van der Waals surface area (Å²) in [6, 6.07) is 0.0841. The Kier molecular flexibility index (Phi) is 9.51. The third kappa shape index (κ3) is 8.30. The number of alkyl halides is 1. The second kappa shape index (κ2) is 11.6. The molecule has 1 aliphatic heterocycles. The van der Waals surface area contributed by atoms with Gasteiger partial charge in [0.2, 0.25) is 0 Å². The van der Waals surface area contributed by atoms with Crippen molar-refractivity contribution < 1.29 is 4.39 Å². The number of hydrogen-bond donors (Lipinski definition) is 0. The lowest BCUT2D eigenvalue weighted by atomic mass is 10.0. The van der Waals surface area contributed by atoms with Crippen LogP contribution in [0.5, 0.6) is 0 Å². The molecule has 1 heterocycles. The zero-order chi connectivity index (χ0) is 16.0. The summed E-state index contributed by atoms with van der Waals surface area (Å²) in [7, 11) is 0. The van der Waals surface area contributed by atoms with E-state index >= 15 is 0 Å². The topological polar surface area (TPSA) is 24.7 Å². The third-order valence-corrected chi connectivity index (χ3v) is 3.13. The molecule has 0 saturated carbocycles. The maximum Gasteiger partial charge on any atom is 0.108 e. The molecule has 0 aromatic heterocycles. The number of allylic oxidation sites excluding steroid dienone is 6. The molecule has 1 rings (SSSR count). The molecule has 0 saturated heterocycles. The van der Waals surface area contributed by atoms with E-state index in [-0.39, 0.29) is 6.04 Å². The first kappa shape index (κ1) is 18.0. The van der Waals surface area contributed by atoms with Gasteiger partial charge in [0.15, 0.2) is 0 Å². The number of nitrogens with zero attached hydrogens (tertiary/aromatic N) is 2. The Bertz CT molecular complexity index is 508. The zero-order valence-corrected chi connectivity index (χ0v) is 13.3. The summed E-state index contributed by atoms with van der Waals surface area (Å²) in [5.74, 6) is 0. The Morgan fingerprint density at radius 1 is 1.41 bits per heavy atom. The molecule has 2 nitrogen and oxygen atoms in total. The smallest absolute Gasteiger partial charge is 0.108 e. The van der Waals surface area contributed by atoms with E-state index in [4.69, 9.17) is 0 Å². The molecule has 1 atom stereocenters. The Hall–Kier alpha value is -2.03. The van der Waals surface area contributed by atoms with Crippen molar-refractivity contribution in [2.45, 2.75) is 38.6 Å². The van der Waals surface area contributed by atoms with E-state index in [1.54, 1.807) is 6.21 Å². The van der Waals surface area contributed by atoms with Crippen LogP contribution in [0.3, 0.4) is 0 Å². The fraction of sp³-hybridized carbons (Fsp3) is 0.368. The predicted octanol–water partition coefficient (Wildman–Crippen LogP) is 5.17. The predicted molar refractivity (Wildman–Crippen MR) is 95.5 cm³/mol. The van der Waals surface area contributed by atoms with E-state index in [2.05, 4.69) is 40.9 Å². The van der Waals surface area contributed by atoms with Crippen LogP contribution in [0.25, 0.3) is 0 Å². The van der Waals surface area contributed by atoms with Crippen LogP contribution in [-0.4, -0.2) is 25.1 Å². The second-order valence-electron chi connectivity index (χ2n) is 5.05. The minimum Gasteiger partial charge on any atom is -0.285 e. The van der Waals surface area contributed by atoms with Gasteiger partial charge < -0.3 is 0 Å². The normalized spacial score (nSPS) is 19.0. The SMILES string of the molecule is C=C(/C=C/CC/C=C/N=CC)CC1=CCC(/C=C/CF)N=C1. The Labute approximate surface area is 133 Å². The average Bonchev–Trinajstić information content (AvgIpc) is 2.53. The van der Waals surface area contributed by atoms with Crippen LogP contribution >= 0.6 is 0 Å². The Morgan fingerprint density at radius 3 is 2.91 bits per heavy atom. The summed E-state index contributed by atoms with van der Waals surface area (Å²) in [5.41, 5.74) is 2.25. The third-order valence-electron chi connectivity index (χ3n) is 3.13. The molecule has 0 aliphatic carbocycles. The molecular formula is C19H25FN2. The molecule has 0 amide bonds. The van der Waals surface area contributed by atoms with E-state index in [1.165, 1.54) is 11.6 Å². The summed E-state index contributed by atoms with van der Waals surface area (Å²) in [6.45, 7) is 5.54. The molecule has 118 valence electrons. The van der Waals surface area contributed by atoms with Gasteiger partial charge in [0.05, 0.1) is 6.04 Å². The summed E-state index contributed by atoms with van der Waals surface area (Å²) < 4.78 is 12.0. The van der Waals surface area contributed by atoms with Crippen molar-refractivity contribution in [3.05, 3.63) is 60.4 Å². The summed E-state index contributed by atoms with van der Waals surface area (Å²) >= 11 is 0. The lowest BCUT2D eigenvalue weighted by molar-refractivity contribution is 0.559. The van der Waals surface area contributed by atoms with Crippen molar-refractivity contribution in [1.82, 2.24) is 0 Å². The van der Waals surface area contributed by atoms with Crippen LogP contribution < -0.4 is 0 Å². The first-order valence-corrected chi connectivity index (χ1v) is 7.68. The number of hydrogen-bond acceptors (Lipinski definition) is 2. The van der Waals surface area contributed by atoms with Gasteiger partial charge in [0.25, 0.3) is 0 Å². The van der Waals surface area contributed by atoms with Crippen LogP contribution in [-0.2, 0) is 0 Å². The van der Waals surface area contributed by atoms with Crippen molar-refractivity contribution >= 4 is 12.4 Å². The van der Waals surface area contributed by atoms with Crippen molar-refractivity contribution in [2.75, 3.05) is 6.67 Å². The number of halogens is 1. The van der Waals surface area contributed by atoms with Crippen molar-refractivity contribution in [3.63, 3.8) is 0 Å². The van der Waals surface area contributed by atoms with Crippen molar-refractivity contribution in [2.24, 2.45) is 9.98 Å². The zero-order valence-electron chi connectivity index (χ0n) is 13.3. The number of unbranched alkanes of at least 4 members (excludes halogenated alkanes) is 1. The molecule has 0 fully saturated rings. The molecule has 0 spiro atoms. The molecule has 1 unspecified atom stereocenters. The van der Waals surface area contributed by atoms with Gasteiger partial charge in [-0.3, -0.25) is 9.98 Å². The molecule has 0 radical (unpaired) electrons. The molecule has 0 N–H and O–H groups in total. The van der Waals surface area contributed by atoms with Gasteiger partial charge in [-0.05, 0) is 38.2 Å². The minimum atomic E-state index is -0.426. The van der Waals surface area contributed by atoms with Crippen molar-refractivity contribution in [1.29, 1.82) is 0 Å². The van der Waals surface area contributed by atoms with Crippen LogP contribution in [0.15, 0.2) is 70.4 Å². The highest BCUT2D eigenvalue weighted by atomic mass is 19.1. The molecule has 22 heavy (non-hydrogen) atoms. The van der Waals surface area contributed by atoms with E-state index in [0.717, 1.165) is 31.3 Å². The van der Waals surface area contributed by atoms with E-state index in [0.29, 0.717) is 0 Å². The molecule has 0 aromatic carbocycles. The molecule has 0 aromatic rings. The first-order chi connectivity index (χ1) is 10.8. The number of dihydropyridines is 1. The highest BCUT2D eigenvalue weighted by Gasteiger charge is 2.06. The van der Waals surface area contributed by atoms with Gasteiger partial charge in [0, 0.05) is 18.6 Å². The van der Waals surface area contributed by atoms with Gasteiger partial charge in [-0.2, -0.15) is 0 Å². The summed E-state index contributed by atoms with van der Waals surface area (Å²) in [6.07, 6.45) is 20.8. The fourth-order valence-corrected chi connectivity index (χ4v) is 2.02. The monoisotopic (exact) mass is 300 g/mol. The minimum absolute atomic E-state index is 0.0841. The maximum absolute atomic E-state index is 12.0. The second-order valence-corrected chi connectivity index (χ2v) is 5.05. The molecule has 1 aliphatic rings. The largest absolute Gasteiger partial charge is 0.285 e. The lowest BCUT2D eigenvalue weighted by Crippen LogP contribution is -2.06. The first-order valence-electron chi connectivity index (χ1n) is 7.68. The highest BCUT2D eigenvalue weighted by Crippen LogP contribution is 2.16. The van der Waals surface area contributed by atoms with Crippen LogP contribution in [0.2, 0.25) is 0 Å². The van der Waals surface area contributed by atoms with Gasteiger partial charge in [-0.1, -0.05) is 48.6 Å². The van der Waals surface area contributed by atoms with Crippen LogP contribution in [0.4, 0.5) is 4.39 Å². The maximum atomic E-state index is 12.0. The van der Waals surface area contributed by atoms with E-state index < -0.39 is 6.67 Å². The van der Waals surface area contributed by atoms with Crippen LogP contribution in [0, 0.1) is 0 Å². The average molecular weight is 300 g/mol. The Morgan fingerprint density at radius 2 is 2.23 bits per heavy atom. The summed E-state index contributed by atoms with van der Waals surface area (Å²) in [5, 5.41) is 0. The van der Waals surface area contributed by atoms with E-state index in [1.807, 2.05) is 25.4 Å². The van der Waals surface area contributed by atoms with Gasteiger partial charge in [-0.25, -0.2) is 4.39 Å². The van der Waals surface area contributed by atoms with E-state index in [9.17, 15) is 4.39 Å².